The minimum Gasteiger partial charge on any atom is -0.465 e. The zero-order valence-corrected chi connectivity index (χ0v) is 25.0. The summed E-state index contributed by atoms with van der Waals surface area (Å²) in [7, 11) is 0. The molecule has 0 amide bonds. The lowest BCUT2D eigenvalue weighted by Crippen LogP contribution is -2.66. The van der Waals surface area contributed by atoms with Crippen molar-refractivity contribution in [3.63, 3.8) is 0 Å². The van der Waals surface area contributed by atoms with E-state index in [2.05, 4.69) is 54.5 Å². The first-order chi connectivity index (χ1) is 17.1. The highest BCUT2D eigenvalue weighted by atomic mass is 16.5. The molecule has 2 N–H and O–H groups in total. The minimum atomic E-state index is -0.425. The first-order valence-electron chi connectivity index (χ1n) is 15.3. The van der Waals surface area contributed by atoms with Crippen molar-refractivity contribution in [2.45, 2.75) is 132 Å². The van der Waals surface area contributed by atoms with Crippen molar-refractivity contribution in [3.8, 4) is 0 Å². The van der Waals surface area contributed by atoms with E-state index in [1.54, 1.807) is 5.57 Å². The average molecular weight is 515 g/mol. The van der Waals surface area contributed by atoms with Gasteiger partial charge >= 0.3 is 5.97 Å². The second-order valence-electron chi connectivity index (χ2n) is 16.0. The number of ether oxygens (including phenoxy) is 1. The summed E-state index contributed by atoms with van der Waals surface area (Å²) < 4.78 is 5.73. The predicted molar refractivity (Wildman–Crippen MR) is 148 cm³/mol. The van der Waals surface area contributed by atoms with Crippen LogP contribution in [-0.2, 0) is 9.53 Å². The van der Waals surface area contributed by atoms with E-state index in [1.807, 2.05) is 6.92 Å². The number of hydrogen-bond acceptors (Lipinski definition) is 4. The molecule has 0 aliphatic heterocycles. The topological polar surface area (TPSA) is 66.8 Å². The number of carbonyl (C=O) groups excluding carboxylic acids is 1. The minimum absolute atomic E-state index is 0.0121. The largest absolute Gasteiger partial charge is 0.465 e. The van der Waals surface area contributed by atoms with E-state index in [-0.39, 0.29) is 39.1 Å². The van der Waals surface area contributed by atoms with Crippen LogP contribution in [0.25, 0.3) is 0 Å². The number of aliphatic hydroxyl groups is 2. The summed E-state index contributed by atoms with van der Waals surface area (Å²) in [4.78, 5) is 12.1. The molecule has 5 aliphatic carbocycles. The van der Waals surface area contributed by atoms with Crippen molar-refractivity contribution in [2.75, 3.05) is 6.61 Å². The van der Waals surface area contributed by atoms with E-state index in [1.165, 1.54) is 6.42 Å². The fourth-order valence-corrected chi connectivity index (χ4v) is 11.0. The van der Waals surface area contributed by atoms with Crippen LogP contribution in [0.1, 0.15) is 120 Å². The lowest BCUT2D eigenvalue weighted by atomic mass is 9.33. The van der Waals surface area contributed by atoms with Crippen LogP contribution in [0.2, 0.25) is 0 Å². The Morgan fingerprint density at radius 2 is 1.59 bits per heavy atom. The SMILES string of the molecule is CCC(=O)OC[C@@]1(C)C2CC[C@]3(C)[C@H](CC=C4[C@H]5CC(C)(C)C[C@@H](O)[C@]5(C)CC[C@]43C)[C@@]2(C)CC[C@@H]1O. The van der Waals surface area contributed by atoms with Gasteiger partial charge in [-0.25, -0.2) is 0 Å². The molecule has 0 saturated heterocycles. The van der Waals surface area contributed by atoms with Gasteiger partial charge < -0.3 is 14.9 Å². The van der Waals surface area contributed by atoms with Gasteiger partial charge in [-0.1, -0.05) is 67.0 Å². The summed E-state index contributed by atoms with van der Waals surface area (Å²) in [5.41, 5.74) is 1.86. The van der Waals surface area contributed by atoms with Crippen molar-refractivity contribution in [2.24, 2.45) is 50.2 Å². The molecule has 0 aromatic rings. The van der Waals surface area contributed by atoms with Gasteiger partial charge in [0.05, 0.1) is 18.8 Å². The van der Waals surface area contributed by atoms with E-state index in [9.17, 15) is 15.0 Å². The highest BCUT2D eigenvalue weighted by Gasteiger charge is 2.69. The molecule has 4 saturated carbocycles. The highest BCUT2D eigenvalue weighted by Crippen LogP contribution is 2.75. The third-order valence-corrected chi connectivity index (χ3v) is 13.7. The third kappa shape index (κ3) is 3.70. The van der Waals surface area contributed by atoms with Crippen LogP contribution in [0, 0.1) is 50.2 Å². The molecule has 4 fully saturated rings. The van der Waals surface area contributed by atoms with Crippen LogP contribution in [0.15, 0.2) is 11.6 Å². The van der Waals surface area contributed by atoms with Crippen molar-refractivity contribution in [3.05, 3.63) is 11.6 Å². The number of carbonyl (C=O) groups is 1. The summed E-state index contributed by atoms with van der Waals surface area (Å²) in [6.45, 7) is 19.1. The summed E-state index contributed by atoms with van der Waals surface area (Å²) in [5, 5.41) is 22.6. The molecular weight excluding hydrogens is 460 g/mol. The van der Waals surface area contributed by atoms with Crippen LogP contribution < -0.4 is 0 Å². The molecule has 0 spiro atoms. The van der Waals surface area contributed by atoms with Crippen LogP contribution in [-0.4, -0.2) is 35.0 Å². The Bertz CT molecular complexity index is 969. The zero-order chi connectivity index (χ0) is 27.2. The summed E-state index contributed by atoms with van der Waals surface area (Å²) >= 11 is 0. The fraction of sp³-hybridized carbons (Fsp3) is 0.909. The van der Waals surface area contributed by atoms with Gasteiger partial charge in [0.2, 0.25) is 0 Å². The van der Waals surface area contributed by atoms with Gasteiger partial charge in [0, 0.05) is 17.3 Å². The van der Waals surface area contributed by atoms with E-state index >= 15 is 0 Å². The molecule has 10 atom stereocenters. The maximum absolute atomic E-state index is 12.1. The Morgan fingerprint density at radius 1 is 0.892 bits per heavy atom. The number of hydrogen-bond donors (Lipinski definition) is 2. The average Bonchev–Trinajstić information content (AvgIpc) is 2.82. The molecule has 0 aromatic heterocycles. The molecular formula is C33H54O4. The Balaban J connectivity index is 1.52. The summed E-state index contributed by atoms with van der Waals surface area (Å²) in [5.74, 6) is 1.18. The number of rotatable bonds is 3. The lowest BCUT2D eigenvalue weighted by Gasteiger charge is -2.71. The van der Waals surface area contributed by atoms with Crippen molar-refractivity contribution < 1.29 is 19.7 Å². The normalized spacial score (nSPS) is 52.6. The van der Waals surface area contributed by atoms with Crippen LogP contribution >= 0.6 is 0 Å². The first-order valence-corrected chi connectivity index (χ1v) is 15.3. The van der Waals surface area contributed by atoms with E-state index in [4.69, 9.17) is 4.74 Å². The van der Waals surface area contributed by atoms with Gasteiger partial charge in [-0.05, 0) is 97.2 Å². The second kappa shape index (κ2) is 8.56. The van der Waals surface area contributed by atoms with Gasteiger partial charge in [0.1, 0.15) is 0 Å². The maximum atomic E-state index is 12.1. The molecule has 5 rings (SSSR count). The fourth-order valence-electron chi connectivity index (χ4n) is 11.0. The standard InChI is InChI=1S/C33H54O4/c1-9-27(36)37-20-31(6)23-12-15-33(8)24(30(23,5)14-13-25(31)34)11-10-21-22-18-28(2,3)19-26(35)29(22,4)16-17-32(21,33)7/h10,22-26,34-35H,9,11-20H2,1-8H3/t22-,23?,24-,25+,26-,29-,30+,31+,32-,33-/m1/s1. The van der Waals surface area contributed by atoms with Gasteiger partial charge in [-0.2, -0.15) is 0 Å². The predicted octanol–water partition coefficient (Wildman–Crippen LogP) is 7.07. The van der Waals surface area contributed by atoms with Crippen LogP contribution in [0.4, 0.5) is 0 Å². The maximum Gasteiger partial charge on any atom is 0.305 e. The third-order valence-electron chi connectivity index (χ3n) is 13.7. The van der Waals surface area contributed by atoms with E-state index in [0.29, 0.717) is 30.8 Å². The van der Waals surface area contributed by atoms with Gasteiger partial charge in [0.25, 0.3) is 0 Å². The zero-order valence-electron chi connectivity index (χ0n) is 25.0. The number of aliphatic hydroxyl groups excluding tert-OH is 2. The van der Waals surface area contributed by atoms with Crippen molar-refractivity contribution >= 4 is 5.97 Å². The van der Waals surface area contributed by atoms with E-state index in [0.717, 1.165) is 51.4 Å². The molecule has 0 bridgehead atoms. The molecule has 4 heteroatoms. The van der Waals surface area contributed by atoms with Crippen LogP contribution in [0.3, 0.4) is 0 Å². The second-order valence-corrected chi connectivity index (χ2v) is 16.0. The quantitative estimate of drug-likeness (QED) is 0.312. The Labute approximate surface area is 226 Å². The smallest absolute Gasteiger partial charge is 0.305 e. The molecule has 210 valence electrons. The number of fused-ring (bicyclic) bond motifs is 7. The molecule has 0 radical (unpaired) electrons. The Kier molecular flexibility index (Phi) is 6.41. The van der Waals surface area contributed by atoms with Crippen molar-refractivity contribution in [1.82, 2.24) is 0 Å². The number of esters is 1. The van der Waals surface area contributed by atoms with Gasteiger partial charge in [0.15, 0.2) is 0 Å². The monoisotopic (exact) mass is 514 g/mol. The molecule has 1 unspecified atom stereocenters. The van der Waals surface area contributed by atoms with Gasteiger partial charge in [-0.15, -0.1) is 0 Å². The molecule has 4 nitrogen and oxygen atoms in total. The van der Waals surface area contributed by atoms with Crippen LogP contribution in [0.5, 0.6) is 0 Å². The van der Waals surface area contributed by atoms with Crippen molar-refractivity contribution in [1.29, 1.82) is 0 Å². The first kappa shape index (κ1) is 27.7. The Morgan fingerprint density at radius 3 is 2.27 bits per heavy atom. The number of allylic oxidation sites excluding steroid dienone is 2. The molecule has 37 heavy (non-hydrogen) atoms. The van der Waals surface area contributed by atoms with Gasteiger partial charge in [-0.3, -0.25) is 4.79 Å². The Hall–Kier alpha value is -0.870. The molecule has 0 aromatic carbocycles. The van der Waals surface area contributed by atoms with E-state index < -0.39 is 11.5 Å². The molecule has 0 heterocycles. The highest BCUT2D eigenvalue weighted by molar-refractivity contribution is 5.68. The summed E-state index contributed by atoms with van der Waals surface area (Å²) in [6, 6.07) is 0. The summed E-state index contributed by atoms with van der Waals surface area (Å²) in [6.07, 6.45) is 11.9. The molecule has 5 aliphatic rings. The lowest BCUT2D eigenvalue weighted by molar-refractivity contribution is -0.221.